The zero-order valence-corrected chi connectivity index (χ0v) is 28.7. The molecule has 2 aliphatic rings. The molecule has 4 aromatic rings. The van der Waals surface area contributed by atoms with E-state index in [1.807, 2.05) is 49.1 Å². The number of carbonyl (C=O) groups excluding carboxylic acids is 4. The number of fused-ring (bicyclic) bond motifs is 2. The van der Waals surface area contributed by atoms with Gasteiger partial charge in [-0.05, 0) is 24.3 Å². The molecule has 0 saturated carbocycles. The van der Waals surface area contributed by atoms with Crippen molar-refractivity contribution in [3.63, 3.8) is 0 Å². The predicted molar refractivity (Wildman–Crippen MR) is 163 cm³/mol. The summed E-state index contributed by atoms with van der Waals surface area (Å²) >= 11 is 0. The Bertz CT molecular complexity index is 1640. The molecule has 4 heterocycles. The third kappa shape index (κ3) is 8.06. The number of aromatic nitrogens is 2. The summed E-state index contributed by atoms with van der Waals surface area (Å²) in [5, 5.41) is 7.81. The second kappa shape index (κ2) is 16.7. The van der Waals surface area contributed by atoms with Crippen molar-refractivity contribution in [3.05, 3.63) is 131 Å². The first kappa shape index (κ1) is 35.8. The fourth-order valence-corrected chi connectivity index (χ4v) is 5.09. The summed E-state index contributed by atoms with van der Waals surface area (Å²) in [6.45, 7) is 1.20. The fourth-order valence-electron chi connectivity index (χ4n) is 5.09. The first-order valence-electron chi connectivity index (χ1n) is 14.7. The first-order chi connectivity index (χ1) is 22.5. The van der Waals surface area contributed by atoms with Crippen molar-refractivity contribution >= 4 is 36.1 Å². The maximum absolute atomic E-state index is 12.4. The molecule has 0 bridgehead atoms. The van der Waals surface area contributed by atoms with Crippen LogP contribution in [0.1, 0.15) is 65.4 Å². The van der Waals surface area contributed by atoms with Gasteiger partial charge in [0.25, 0.3) is 23.6 Å². The van der Waals surface area contributed by atoms with E-state index in [2.05, 4.69) is 19.4 Å². The van der Waals surface area contributed by atoms with E-state index in [0.717, 1.165) is 46.9 Å². The molecule has 0 N–H and O–H groups in total. The number of nitrogens with zero attached hydrogens (tertiary/aromatic N) is 6. The Morgan fingerprint density at radius 1 is 0.521 bits per heavy atom. The largest absolute Gasteiger partial charge is 1.00 e. The second-order valence-corrected chi connectivity index (χ2v) is 10.6. The van der Waals surface area contributed by atoms with E-state index < -0.39 is 0 Å². The number of amides is 4. The maximum atomic E-state index is 12.4. The van der Waals surface area contributed by atoms with Crippen LogP contribution in [0.4, 0.5) is 0 Å². The molecule has 2 aliphatic heterocycles. The molecule has 2 aromatic carbocycles. The van der Waals surface area contributed by atoms with E-state index in [4.69, 9.17) is 9.68 Å². The lowest BCUT2D eigenvalue weighted by Crippen LogP contribution is -3.00. The van der Waals surface area contributed by atoms with Crippen LogP contribution in [0.2, 0.25) is 0 Å². The van der Waals surface area contributed by atoms with Crippen LogP contribution in [-0.4, -0.2) is 59.3 Å². The molecule has 0 spiro atoms. The van der Waals surface area contributed by atoms with Crippen molar-refractivity contribution in [2.24, 2.45) is 10.3 Å². The third-order valence-electron chi connectivity index (χ3n) is 7.60. The molecule has 246 valence electrons. The van der Waals surface area contributed by atoms with Gasteiger partial charge in [0.2, 0.25) is 0 Å². The van der Waals surface area contributed by atoms with Gasteiger partial charge in [0.05, 0.1) is 34.7 Å². The standard InChI is InChI=1S/C34H30N6O6.2BrH/c41-31-27-7-1-2-8-28(27)32(42)39(31)23-45-35-21-25-11-17-37(18-12-25)15-5-6-16-38-19-13-26(14-20-38)22-36-46-24-40-33(43)29-9-3-4-10-30(29)34(40)44;;/h1-4,7-14,17-22H,5-6,15-16,23-24H2;2*1H/q+2;;/p-2/b35-21+,36-22+;;. The molecular weight excluding hydrogens is 748 g/mol. The smallest absolute Gasteiger partial charge is 0.264 e. The van der Waals surface area contributed by atoms with Gasteiger partial charge in [-0.25, -0.2) is 18.9 Å². The molecule has 12 nitrogen and oxygen atoms in total. The van der Waals surface area contributed by atoms with Crippen LogP contribution in [0.5, 0.6) is 0 Å². The van der Waals surface area contributed by atoms with E-state index in [1.165, 1.54) is 12.4 Å². The number of imide groups is 2. The van der Waals surface area contributed by atoms with E-state index in [-0.39, 0.29) is 71.1 Å². The van der Waals surface area contributed by atoms with Crippen molar-refractivity contribution < 1.29 is 72.0 Å². The van der Waals surface area contributed by atoms with Crippen molar-refractivity contribution in [2.45, 2.75) is 25.9 Å². The van der Waals surface area contributed by atoms with Gasteiger partial charge < -0.3 is 43.6 Å². The van der Waals surface area contributed by atoms with Crippen molar-refractivity contribution in [2.75, 3.05) is 13.5 Å². The number of halogens is 2. The Morgan fingerprint density at radius 3 is 1.15 bits per heavy atom. The van der Waals surface area contributed by atoms with Crippen LogP contribution >= 0.6 is 0 Å². The minimum absolute atomic E-state index is 0. The SMILES string of the molecule is O=C1c2ccccc2C(=O)N1CO/N=C/c1cc[n+](CCCC[n+]2ccc(/C=N/OCN3C(=O)c4ccccc4C3=O)cc2)cc1.[Br-].[Br-]. The average molecular weight is 778 g/mol. The highest BCUT2D eigenvalue weighted by Crippen LogP contribution is 2.23. The topological polar surface area (TPSA) is 126 Å². The summed E-state index contributed by atoms with van der Waals surface area (Å²) < 4.78 is 4.17. The molecule has 2 aromatic heterocycles. The molecule has 0 fully saturated rings. The quantitative estimate of drug-likeness (QED) is 0.0468. The monoisotopic (exact) mass is 776 g/mol. The molecule has 0 radical (unpaired) electrons. The van der Waals surface area contributed by atoms with Crippen molar-refractivity contribution in [1.29, 1.82) is 0 Å². The lowest BCUT2D eigenvalue weighted by Gasteiger charge is -2.11. The Balaban J connectivity index is 0.00000260. The van der Waals surface area contributed by atoms with Gasteiger partial charge in [0.1, 0.15) is 13.1 Å². The van der Waals surface area contributed by atoms with Gasteiger partial charge in [-0.1, -0.05) is 34.6 Å². The van der Waals surface area contributed by atoms with E-state index in [9.17, 15) is 19.2 Å². The molecule has 48 heavy (non-hydrogen) atoms. The van der Waals surface area contributed by atoms with Gasteiger partial charge in [0, 0.05) is 48.2 Å². The van der Waals surface area contributed by atoms with Crippen LogP contribution in [-0.2, 0) is 22.8 Å². The number of benzene rings is 2. The number of rotatable bonds is 13. The Kier molecular flexibility index (Phi) is 12.4. The number of aryl methyl sites for hydroxylation is 2. The lowest BCUT2D eigenvalue weighted by molar-refractivity contribution is -0.708. The molecule has 4 amide bonds. The van der Waals surface area contributed by atoms with E-state index >= 15 is 0 Å². The minimum Gasteiger partial charge on any atom is -1.00 e. The summed E-state index contributed by atoms with van der Waals surface area (Å²) in [4.78, 5) is 62.0. The lowest BCUT2D eigenvalue weighted by atomic mass is 10.1. The van der Waals surface area contributed by atoms with Crippen molar-refractivity contribution in [3.8, 4) is 0 Å². The van der Waals surface area contributed by atoms with Crippen LogP contribution in [0.3, 0.4) is 0 Å². The first-order valence-corrected chi connectivity index (χ1v) is 14.7. The van der Waals surface area contributed by atoms with Crippen molar-refractivity contribution in [1.82, 2.24) is 9.80 Å². The van der Waals surface area contributed by atoms with Crippen LogP contribution in [0, 0.1) is 0 Å². The van der Waals surface area contributed by atoms with Crippen LogP contribution < -0.4 is 43.1 Å². The summed E-state index contributed by atoms with van der Waals surface area (Å²) in [5.74, 6) is -1.54. The average Bonchev–Trinajstić information content (AvgIpc) is 3.48. The molecule has 0 aliphatic carbocycles. The summed E-state index contributed by atoms with van der Waals surface area (Å²) in [6, 6.07) is 21.0. The zero-order valence-electron chi connectivity index (χ0n) is 25.5. The highest BCUT2D eigenvalue weighted by Gasteiger charge is 2.36. The van der Waals surface area contributed by atoms with Crippen LogP contribution in [0.15, 0.2) is 108 Å². The highest BCUT2D eigenvalue weighted by molar-refractivity contribution is 6.21. The molecule has 0 saturated heterocycles. The maximum Gasteiger partial charge on any atom is 0.264 e. The summed E-state index contributed by atoms with van der Waals surface area (Å²) in [7, 11) is 0. The van der Waals surface area contributed by atoms with Gasteiger partial charge in [-0.2, -0.15) is 0 Å². The Morgan fingerprint density at radius 2 is 0.833 bits per heavy atom. The molecule has 6 rings (SSSR count). The highest BCUT2D eigenvalue weighted by atomic mass is 79.9. The summed E-state index contributed by atoms with van der Waals surface area (Å²) in [6.07, 6.45) is 12.9. The Labute approximate surface area is 297 Å². The van der Waals surface area contributed by atoms with E-state index in [0.29, 0.717) is 22.3 Å². The number of oxime groups is 2. The second-order valence-electron chi connectivity index (χ2n) is 10.6. The number of hydrogen-bond donors (Lipinski definition) is 0. The fraction of sp³-hybridized carbons (Fsp3) is 0.176. The summed E-state index contributed by atoms with van der Waals surface area (Å²) in [5.41, 5.74) is 3.15. The normalized spacial score (nSPS) is 13.5. The molecule has 0 atom stereocenters. The van der Waals surface area contributed by atoms with Gasteiger partial charge in [-0.15, -0.1) is 0 Å². The third-order valence-corrected chi connectivity index (χ3v) is 7.60. The molecule has 14 heteroatoms. The predicted octanol–water partition coefficient (Wildman–Crippen LogP) is -3.04. The molecular formula is C34H30Br2N6O6. The molecule has 0 unspecified atom stereocenters. The van der Waals surface area contributed by atoms with Gasteiger partial charge >= 0.3 is 0 Å². The van der Waals surface area contributed by atoms with E-state index in [1.54, 1.807) is 48.5 Å². The minimum atomic E-state index is -0.386. The zero-order chi connectivity index (χ0) is 31.9. The van der Waals surface area contributed by atoms with Gasteiger partial charge in [-0.3, -0.25) is 19.2 Å². The van der Waals surface area contributed by atoms with Gasteiger partial charge in [0.15, 0.2) is 38.2 Å². The van der Waals surface area contributed by atoms with Crippen LogP contribution in [0.25, 0.3) is 0 Å². The Hall–Kier alpha value is -5.08. The number of carbonyl (C=O) groups is 4. The number of pyridine rings is 2. The number of unbranched alkanes of at least 4 members (excludes halogenated alkanes) is 1. The number of hydrogen-bond acceptors (Lipinski definition) is 8.